The minimum Gasteiger partial charge on any atom is -0.355 e. The van der Waals surface area contributed by atoms with E-state index >= 15 is 0 Å². The van der Waals surface area contributed by atoms with Gasteiger partial charge < -0.3 is 10.2 Å². The molecule has 168 valence electrons. The van der Waals surface area contributed by atoms with Crippen molar-refractivity contribution < 1.29 is 9.59 Å². The normalized spacial score (nSPS) is 19.2. The van der Waals surface area contributed by atoms with Crippen molar-refractivity contribution in [3.8, 4) is 0 Å². The number of rotatable bonds is 5. The topological polar surface area (TPSA) is 62.3 Å². The van der Waals surface area contributed by atoms with Gasteiger partial charge in [-0.05, 0) is 60.7 Å². The molecule has 0 radical (unpaired) electrons. The van der Waals surface area contributed by atoms with Crippen molar-refractivity contribution in [2.24, 2.45) is 0 Å². The Kier molecular flexibility index (Phi) is 5.95. The van der Waals surface area contributed by atoms with E-state index in [2.05, 4.69) is 10.3 Å². The van der Waals surface area contributed by atoms with Crippen molar-refractivity contribution in [2.75, 3.05) is 11.4 Å². The summed E-state index contributed by atoms with van der Waals surface area (Å²) in [7, 11) is 0. The number of nitrogens with zero attached hydrogens (tertiary/aromatic N) is 2. The molecule has 33 heavy (non-hydrogen) atoms. The second kappa shape index (κ2) is 9.18. The van der Waals surface area contributed by atoms with Crippen LogP contribution in [0.1, 0.15) is 59.5 Å². The molecule has 2 aromatic carbocycles. The molecule has 1 fully saturated rings. The molecule has 1 aliphatic heterocycles. The van der Waals surface area contributed by atoms with Gasteiger partial charge >= 0.3 is 0 Å². The van der Waals surface area contributed by atoms with Crippen LogP contribution in [0, 0.1) is 0 Å². The zero-order valence-electron chi connectivity index (χ0n) is 18.7. The fourth-order valence-electron chi connectivity index (χ4n) is 5.68. The third-order valence-electron chi connectivity index (χ3n) is 7.15. The van der Waals surface area contributed by atoms with Gasteiger partial charge in [-0.3, -0.25) is 14.6 Å². The van der Waals surface area contributed by atoms with E-state index in [4.69, 9.17) is 0 Å². The summed E-state index contributed by atoms with van der Waals surface area (Å²) in [6.07, 6.45) is 9.10. The average Bonchev–Trinajstić information content (AvgIpc) is 2.86. The summed E-state index contributed by atoms with van der Waals surface area (Å²) in [5.74, 6) is -0.393. The van der Waals surface area contributed by atoms with Gasteiger partial charge in [-0.15, -0.1) is 0 Å². The summed E-state index contributed by atoms with van der Waals surface area (Å²) >= 11 is 0. The van der Waals surface area contributed by atoms with Gasteiger partial charge in [0.15, 0.2) is 0 Å². The minimum absolute atomic E-state index is 0.000430. The van der Waals surface area contributed by atoms with Gasteiger partial charge in [-0.25, -0.2) is 0 Å². The highest BCUT2D eigenvalue weighted by molar-refractivity contribution is 6.12. The second-order valence-corrected chi connectivity index (χ2v) is 9.06. The SMILES string of the molecule is O=C(NCCc1ccncc1)[C@H]1c2ccccc2C(=O)N(c2ccccc2)C12CCCCC2. The molecule has 1 N–H and O–H groups in total. The highest BCUT2D eigenvalue weighted by atomic mass is 16.2. The third-order valence-corrected chi connectivity index (χ3v) is 7.15. The molecule has 5 heteroatoms. The number of carbonyl (C=O) groups is 2. The first kappa shape index (κ1) is 21.4. The average molecular weight is 440 g/mol. The van der Waals surface area contributed by atoms with Gasteiger partial charge in [0.1, 0.15) is 0 Å². The molecule has 1 atom stereocenters. The summed E-state index contributed by atoms with van der Waals surface area (Å²) in [6.45, 7) is 0.552. The van der Waals surface area contributed by atoms with Crippen LogP contribution in [0.2, 0.25) is 0 Å². The van der Waals surface area contributed by atoms with Gasteiger partial charge in [0.2, 0.25) is 5.91 Å². The fraction of sp³-hybridized carbons (Fsp3) is 0.321. The van der Waals surface area contributed by atoms with Crippen molar-refractivity contribution in [3.63, 3.8) is 0 Å². The number of para-hydroxylation sites is 1. The molecule has 0 bridgehead atoms. The predicted molar refractivity (Wildman–Crippen MR) is 129 cm³/mol. The highest BCUT2D eigenvalue weighted by Crippen LogP contribution is 2.50. The molecule has 0 unspecified atom stereocenters. The van der Waals surface area contributed by atoms with Crippen molar-refractivity contribution >= 4 is 17.5 Å². The quantitative estimate of drug-likeness (QED) is 0.616. The number of aromatic nitrogens is 1. The van der Waals surface area contributed by atoms with Crippen molar-refractivity contribution in [1.29, 1.82) is 0 Å². The molecular formula is C28H29N3O2. The Morgan fingerprint density at radius 1 is 0.939 bits per heavy atom. The molecule has 0 saturated heterocycles. The smallest absolute Gasteiger partial charge is 0.259 e. The van der Waals surface area contributed by atoms with Crippen LogP contribution < -0.4 is 10.2 Å². The first-order valence-corrected chi connectivity index (χ1v) is 11.9. The van der Waals surface area contributed by atoms with Crippen LogP contribution in [0.25, 0.3) is 0 Å². The summed E-state index contributed by atoms with van der Waals surface area (Å²) in [5, 5.41) is 3.20. The summed E-state index contributed by atoms with van der Waals surface area (Å²) in [5.41, 5.74) is 2.95. The number of pyridine rings is 1. The Balaban J connectivity index is 1.54. The Morgan fingerprint density at radius 3 is 2.39 bits per heavy atom. The fourth-order valence-corrected chi connectivity index (χ4v) is 5.68. The highest BCUT2D eigenvalue weighted by Gasteiger charge is 2.55. The summed E-state index contributed by atoms with van der Waals surface area (Å²) in [4.78, 5) is 33.7. The van der Waals surface area contributed by atoms with Gasteiger partial charge in [0, 0.05) is 30.2 Å². The Hall–Kier alpha value is -3.47. The number of hydrogen-bond donors (Lipinski definition) is 1. The van der Waals surface area contributed by atoms with Gasteiger partial charge in [0.05, 0.1) is 11.5 Å². The Bertz CT molecular complexity index is 1120. The number of benzene rings is 2. The van der Waals surface area contributed by atoms with E-state index in [-0.39, 0.29) is 11.8 Å². The molecule has 1 saturated carbocycles. The van der Waals surface area contributed by atoms with Crippen LogP contribution >= 0.6 is 0 Å². The lowest BCUT2D eigenvalue weighted by molar-refractivity contribution is -0.124. The molecule has 2 amide bonds. The van der Waals surface area contributed by atoms with Crippen LogP contribution in [0.5, 0.6) is 0 Å². The minimum atomic E-state index is -0.550. The number of carbonyl (C=O) groups excluding carboxylic acids is 2. The molecule has 1 aliphatic carbocycles. The lowest BCUT2D eigenvalue weighted by Gasteiger charge is -2.53. The van der Waals surface area contributed by atoms with E-state index in [0.29, 0.717) is 12.1 Å². The van der Waals surface area contributed by atoms with E-state index in [9.17, 15) is 9.59 Å². The molecule has 5 nitrogen and oxygen atoms in total. The number of fused-ring (bicyclic) bond motifs is 1. The van der Waals surface area contributed by atoms with E-state index in [1.807, 2.05) is 71.6 Å². The van der Waals surface area contributed by atoms with Crippen molar-refractivity contribution in [1.82, 2.24) is 10.3 Å². The van der Waals surface area contributed by atoms with Crippen LogP contribution in [0.3, 0.4) is 0 Å². The van der Waals surface area contributed by atoms with Crippen LogP contribution in [-0.4, -0.2) is 28.9 Å². The maximum atomic E-state index is 13.8. The maximum absolute atomic E-state index is 13.8. The standard InChI is InChI=1S/C28H29N3O2/c32-26(30-20-15-21-13-18-29-19-14-21)25-23-11-5-6-12-24(23)27(33)31(22-9-3-1-4-10-22)28(25)16-7-2-8-17-28/h1,3-6,9-14,18-19,25H,2,7-8,15-17,20H2,(H,30,32)/t25-/m1/s1. The Labute approximate surface area is 194 Å². The number of nitrogens with one attached hydrogen (secondary N) is 1. The molecule has 5 rings (SSSR count). The number of amides is 2. The number of anilines is 1. The van der Waals surface area contributed by atoms with E-state index in [1.54, 1.807) is 12.4 Å². The van der Waals surface area contributed by atoms with E-state index in [0.717, 1.165) is 55.3 Å². The molecule has 2 aliphatic rings. The second-order valence-electron chi connectivity index (χ2n) is 9.06. The van der Waals surface area contributed by atoms with Crippen LogP contribution in [0.4, 0.5) is 5.69 Å². The van der Waals surface area contributed by atoms with Crippen molar-refractivity contribution in [3.05, 3.63) is 95.8 Å². The van der Waals surface area contributed by atoms with E-state index in [1.165, 1.54) is 0 Å². The van der Waals surface area contributed by atoms with Crippen LogP contribution in [0.15, 0.2) is 79.1 Å². The first-order valence-electron chi connectivity index (χ1n) is 11.9. The zero-order valence-corrected chi connectivity index (χ0v) is 18.7. The van der Waals surface area contributed by atoms with Gasteiger partial charge in [-0.2, -0.15) is 0 Å². The molecule has 1 aromatic heterocycles. The zero-order chi connectivity index (χ0) is 22.7. The monoisotopic (exact) mass is 439 g/mol. The largest absolute Gasteiger partial charge is 0.355 e. The molecule has 2 heterocycles. The molecule has 1 spiro atoms. The molecular weight excluding hydrogens is 410 g/mol. The lowest BCUT2D eigenvalue weighted by atomic mass is 9.65. The van der Waals surface area contributed by atoms with Crippen molar-refractivity contribution in [2.45, 2.75) is 50.0 Å². The predicted octanol–water partition coefficient (Wildman–Crippen LogP) is 4.89. The lowest BCUT2D eigenvalue weighted by Crippen LogP contribution is -2.63. The summed E-state index contributed by atoms with van der Waals surface area (Å²) < 4.78 is 0. The summed E-state index contributed by atoms with van der Waals surface area (Å²) in [6, 6.07) is 21.5. The first-order chi connectivity index (χ1) is 16.2. The van der Waals surface area contributed by atoms with Crippen LogP contribution in [-0.2, 0) is 11.2 Å². The number of hydrogen-bond acceptors (Lipinski definition) is 3. The Morgan fingerprint density at radius 2 is 1.64 bits per heavy atom. The molecule has 3 aromatic rings. The maximum Gasteiger partial charge on any atom is 0.259 e. The van der Waals surface area contributed by atoms with Gasteiger partial charge in [0.25, 0.3) is 5.91 Å². The third kappa shape index (κ3) is 3.92. The van der Waals surface area contributed by atoms with Gasteiger partial charge in [-0.1, -0.05) is 55.7 Å². The van der Waals surface area contributed by atoms with E-state index < -0.39 is 11.5 Å².